The number of hydrogen-bond acceptors (Lipinski definition) is 4. The molecule has 2 aromatic rings. The molecular formula is C24H31F2N3O3. The fraction of sp³-hybridized carbons (Fsp3) is 0.542. The molecule has 2 aliphatic heterocycles. The van der Waals surface area contributed by atoms with Crippen LogP contribution in [0.3, 0.4) is 0 Å². The van der Waals surface area contributed by atoms with Crippen molar-refractivity contribution in [1.82, 2.24) is 14.8 Å². The second-order valence-electron chi connectivity index (χ2n) is 9.42. The Bertz CT molecular complexity index is 1010. The molecule has 0 saturated carbocycles. The van der Waals surface area contributed by atoms with Crippen LogP contribution in [0.1, 0.15) is 60.9 Å². The molecule has 0 bridgehead atoms. The lowest BCUT2D eigenvalue weighted by Crippen LogP contribution is -2.56. The smallest absolute Gasteiger partial charge is 0.285 e. The maximum absolute atomic E-state index is 14.0. The van der Waals surface area contributed by atoms with E-state index in [0.717, 1.165) is 12.6 Å². The topological polar surface area (TPSA) is 66.7 Å². The SMILES string of the molecule is COc1cc(C(=O)N2CCC3(CC2)NCCn2c(C(C)(F)F)ccc23)ccc1C(C)(C)O. The first kappa shape index (κ1) is 22.7. The van der Waals surface area contributed by atoms with Gasteiger partial charge in [0.25, 0.3) is 11.8 Å². The van der Waals surface area contributed by atoms with Crippen molar-refractivity contribution in [1.29, 1.82) is 0 Å². The van der Waals surface area contributed by atoms with Crippen LogP contribution in [0.25, 0.3) is 0 Å². The van der Waals surface area contributed by atoms with E-state index in [0.29, 0.717) is 55.9 Å². The maximum Gasteiger partial charge on any atom is 0.285 e. The Morgan fingerprint density at radius 1 is 1.12 bits per heavy atom. The van der Waals surface area contributed by atoms with E-state index in [9.17, 15) is 18.7 Å². The van der Waals surface area contributed by atoms with E-state index in [-0.39, 0.29) is 11.6 Å². The number of benzene rings is 1. The van der Waals surface area contributed by atoms with Gasteiger partial charge in [0.05, 0.1) is 23.9 Å². The van der Waals surface area contributed by atoms with Crippen molar-refractivity contribution in [3.63, 3.8) is 0 Å². The number of methoxy groups -OCH3 is 1. The van der Waals surface area contributed by atoms with Gasteiger partial charge in [0.1, 0.15) is 5.75 Å². The highest BCUT2D eigenvalue weighted by Gasteiger charge is 2.43. The fourth-order valence-electron chi connectivity index (χ4n) is 5.04. The van der Waals surface area contributed by atoms with E-state index in [4.69, 9.17) is 4.74 Å². The van der Waals surface area contributed by atoms with Crippen LogP contribution in [-0.2, 0) is 23.6 Å². The number of aliphatic hydroxyl groups is 1. The number of nitrogens with one attached hydrogen (secondary N) is 1. The number of aromatic nitrogens is 1. The Kier molecular flexibility index (Phi) is 5.57. The molecule has 1 aromatic carbocycles. The van der Waals surface area contributed by atoms with Gasteiger partial charge in [0.15, 0.2) is 0 Å². The molecule has 2 N–H and O–H groups in total. The monoisotopic (exact) mass is 447 g/mol. The zero-order chi connectivity index (χ0) is 23.3. The number of amides is 1. The van der Waals surface area contributed by atoms with Crippen LogP contribution >= 0.6 is 0 Å². The third kappa shape index (κ3) is 3.90. The first-order chi connectivity index (χ1) is 15.0. The molecule has 1 aromatic heterocycles. The maximum atomic E-state index is 14.0. The number of ether oxygens (including phenoxy) is 1. The van der Waals surface area contributed by atoms with Gasteiger partial charge < -0.3 is 24.6 Å². The van der Waals surface area contributed by atoms with Gasteiger partial charge in [-0.15, -0.1) is 0 Å². The van der Waals surface area contributed by atoms with Gasteiger partial charge in [-0.3, -0.25) is 4.79 Å². The Labute approximate surface area is 187 Å². The summed E-state index contributed by atoms with van der Waals surface area (Å²) >= 11 is 0. The summed E-state index contributed by atoms with van der Waals surface area (Å²) in [5, 5.41) is 13.9. The van der Waals surface area contributed by atoms with E-state index in [1.165, 1.54) is 13.2 Å². The number of likely N-dealkylation sites (tertiary alicyclic amines) is 1. The molecule has 4 rings (SSSR count). The molecule has 1 spiro atoms. The van der Waals surface area contributed by atoms with Crippen LogP contribution < -0.4 is 10.1 Å². The van der Waals surface area contributed by atoms with Crippen LogP contribution in [0, 0.1) is 0 Å². The van der Waals surface area contributed by atoms with Crippen LogP contribution in [0.5, 0.6) is 5.75 Å². The first-order valence-electron chi connectivity index (χ1n) is 11.0. The number of hydrogen-bond donors (Lipinski definition) is 2. The lowest BCUT2D eigenvalue weighted by Gasteiger charge is -2.46. The van der Waals surface area contributed by atoms with Crippen molar-refractivity contribution in [2.75, 3.05) is 26.7 Å². The van der Waals surface area contributed by atoms with Gasteiger partial charge in [-0.25, -0.2) is 8.78 Å². The summed E-state index contributed by atoms with van der Waals surface area (Å²) < 4.78 is 35.2. The summed E-state index contributed by atoms with van der Waals surface area (Å²) in [6, 6.07) is 8.43. The third-order valence-corrected chi connectivity index (χ3v) is 6.73. The highest BCUT2D eigenvalue weighted by Crippen LogP contribution is 2.40. The number of fused-ring (bicyclic) bond motifs is 2. The number of piperidine rings is 1. The summed E-state index contributed by atoms with van der Waals surface area (Å²) in [7, 11) is 1.52. The fourth-order valence-corrected chi connectivity index (χ4v) is 5.04. The first-order valence-corrected chi connectivity index (χ1v) is 11.0. The molecule has 1 amide bonds. The van der Waals surface area contributed by atoms with Gasteiger partial charge in [0, 0.05) is 49.9 Å². The normalized spacial score (nSPS) is 18.5. The average molecular weight is 448 g/mol. The van der Waals surface area contributed by atoms with E-state index in [2.05, 4.69) is 5.32 Å². The highest BCUT2D eigenvalue weighted by molar-refractivity contribution is 5.95. The van der Waals surface area contributed by atoms with Crippen LogP contribution in [0.4, 0.5) is 8.78 Å². The van der Waals surface area contributed by atoms with Crippen LogP contribution in [0.2, 0.25) is 0 Å². The van der Waals surface area contributed by atoms with Gasteiger partial charge in [-0.05, 0) is 51.0 Å². The average Bonchev–Trinajstić information content (AvgIpc) is 3.19. The lowest BCUT2D eigenvalue weighted by molar-refractivity contribution is 0.00673. The third-order valence-electron chi connectivity index (χ3n) is 6.73. The zero-order valence-corrected chi connectivity index (χ0v) is 19.0. The summed E-state index contributed by atoms with van der Waals surface area (Å²) in [5.41, 5.74) is 0.555. The van der Waals surface area contributed by atoms with Gasteiger partial charge in [-0.2, -0.15) is 0 Å². The quantitative estimate of drug-likeness (QED) is 0.752. The summed E-state index contributed by atoms with van der Waals surface area (Å²) in [5.74, 6) is -2.52. The Hall–Kier alpha value is -2.45. The summed E-state index contributed by atoms with van der Waals surface area (Å²) in [4.78, 5) is 15.0. The van der Waals surface area contributed by atoms with E-state index in [1.807, 2.05) is 0 Å². The minimum absolute atomic E-state index is 0.0471. The second kappa shape index (κ2) is 7.85. The Morgan fingerprint density at radius 3 is 2.41 bits per heavy atom. The standard InChI is InChI=1S/C24H31F2N3O3/c1-22(2,31)17-6-5-16(15-18(17)32-4)21(30)28-12-9-24(10-13-28)20-8-7-19(23(3,25)26)29(20)14-11-27-24/h5-8,15,27,31H,9-14H2,1-4H3. The molecule has 174 valence electrons. The van der Waals surface area contributed by atoms with Gasteiger partial charge in [0.2, 0.25) is 0 Å². The van der Waals surface area contributed by atoms with E-state index < -0.39 is 17.1 Å². The van der Waals surface area contributed by atoms with Crippen LogP contribution in [-0.4, -0.2) is 47.2 Å². The molecule has 0 aliphatic carbocycles. The highest BCUT2D eigenvalue weighted by atomic mass is 19.3. The molecule has 8 heteroatoms. The zero-order valence-electron chi connectivity index (χ0n) is 19.0. The molecule has 0 unspecified atom stereocenters. The number of rotatable bonds is 4. The molecule has 3 heterocycles. The molecule has 32 heavy (non-hydrogen) atoms. The number of carbonyl (C=O) groups excluding carboxylic acids is 1. The van der Waals surface area contributed by atoms with Crippen molar-refractivity contribution >= 4 is 5.91 Å². The van der Waals surface area contributed by atoms with Crippen molar-refractivity contribution in [2.24, 2.45) is 0 Å². The van der Waals surface area contributed by atoms with Crippen molar-refractivity contribution in [2.45, 2.75) is 57.2 Å². The predicted molar refractivity (Wildman–Crippen MR) is 117 cm³/mol. The van der Waals surface area contributed by atoms with E-state index in [1.54, 1.807) is 47.6 Å². The summed E-state index contributed by atoms with van der Waals surface area (Å²) in [6.45, 7) is 6.44. The van der Waals surface area contributed by atoms with Crippen molar-refractivity contribution in [3.8, 4) is 5.75 Å². The number of nitrogens with zero attached hydrogens (tertiary/aromatic N) is 2. The molecule has 0 atom stereocenters. The minimum Gasteiger partial charge on any atom is -0.496 e. The second-order valence-corrected chi connectivity index (χ2v) is 9.42. The Morgan fingerprint density at radius 2 is 1.81 bits per heavy atom. The van der Waals surface area contributed by atoms with E-state index >= 15 is 0 Å². The largest absolute Gasteiger partial charge is 0.496 e. The minimum atomic E-state index is -2.89. The van der Waals surface area contributed by atoms with Crippen molar-refractivity contribution in [3.05, 3.63) is 52.8 Å². The summed E-state index contributed by atoms with van der Waals surface area (Å²) in [6.07, 6.45) is 1.30. The van der Waals surface area contributed by atoms with Crippen LogP contribution in [0.15, 0.2) is 30.3 Å². The molecule has 0 radical (unpaired) electrons. The molecule has 1 fully saturated rings. The van der Waals surface area contributed by atoms with Crippen molar-refractivity contribution < 1.29 is 23.4 Å². The lowest BCUT2D eigenvalue weighted by atomic mass is 9.83. The molecule has 1 saturated heterocycles. The Balaban J connectivity index is 1.53. The number of alkyl halides is 2. The number of halogens is 2. The van der Waals surface area contributed by atoms with Gasteiger partial charge >= 0.3 is 0 Å². The van der Waals surface area contributed by atoms with Gasteiger partial charge in [-0.1, -0.05) is 6.07 Å². The number of carbonyl (C=O) groups is 1. The predicted octanol–water partition coefficient (Wildman–Crippen LogP) is 3.57. The molecular weight excluding hydrogens is 416 g/mol. The molecule has 6 nitrogen and oxygen atoms in total. The molecule has 2 aliphatic rings.